The third-order valence-corrected chi connectivity index (χ3v) is 3.68. The van der Waals surface area contributed by atoms with Gasteiger partial charge in [-0.15, -0.1) is 0 Å². The number of rotatable bonds is 2. The van der Waals surface area contributed by atoms with Gasteiger partial charge >= 0.3 is 0 Å². The second-order valence-corrected chi connectivity index (χ2v) is 4.47. The van der Waals surface area contributed by atoms with Crippen molar-refractivity contribution in [1.29, 1.82) is 0 Å². The predicted molar refractivity (Wildman–Crippen MR) is 63.5 cm³/mol. The normalized spacial score (nSPS) is 11.1. The molecule has 5 nitrogen and oxygen atoms in total. The van der Waals surface area contributed by atoms with Crippen LogP contribution in [0.3, 0.4) is 0 Å². The van der Waals surface area contributed by atoms with E-state index in [1.165, 1.54) is 6.33 Å². The zero-order valence-electron chi connectivity index (χ0n) is 7.87. The lowest BCUT2D eigenvalue weighted by molar-refractivity contribution is 0.184. The molecule has 0 fully saturated rings. The minimum absolute atomic E-state index is 0.430. The molecule has 2 aromatic rings. The van der Waals surface area contributed by atoms with Gasteiger partial charge < -0.3 is 10.5 Å². The lowest BCUT2D eigenvalue weighted by atomic mass is 10.3. The van der Waals surface area contributed by atoms with Gasteiger partial charge in [0.15, 0.2) is 5.82 Å². The van der Waals surface area contributed by atoms with Gasteiger partial charge in [-0.2, -0.15) is 5.10 Å². The number of anilines is 1. The Morgan fingerprint density at radius 2 is 2.27 bits per heavy atom. The molecule has 0 unspecified atom stereocenters. The van der Waals surface area contributed by atoms with E-state index in [1.807, 2.05) is 0 Å². The monoisotopic (exact) mass is 334 g/mol. The highest BCUT2D eigenvalue weighted by Gasteiger charge is 2.17. The summed E-state index contributed by atoms with van der Waals surface area (Å²) in [5, 5.41) is 4.10. The third-order valence-electron chi connectivity index (χ3n) is 2.01. The number of nitrogens with two attached hydrogens (primary N) is 1. The smallest absolute Gasteiger partial charge is 0.152 e. The molecule has 80 valence electrons. The minimum Gasteiger partial charge on any atom is -0.382 e. The molecule has 0 aliphatic carbocycles. The van der Waals surface area contributed by atoms with E-state index in [4.69, 9.17) is 10.5 Å². The molecule has 0 saturated heterocycles. The lowest BCUT2D eigenvalue weighted by Crippen LogP contribution is -1.98. The summed E-state index contributed by atoms with van der Waals surface area (Å²) in [6.45, 7) is 0.476. The number of aromatic nitrogens is 3. The summed E-state index contributed by atoms with van der Waals surface area (Å²) < 4.78 is 8.45. The van der Waals surface area contributed by atoms with E-state index in [9.17, 15) is 0 Å². The summed E-state index contributed by atoms with van der Waals surface area (Å²) in [6, 6.07) is 0. The fourth-order valence-electron chi connectivity index (χ4n) is 1.35. The number of fused-ring (bicyclic) bond motifs is 1. The maximum absolute atomic E-state index is 5.77. The van der Waals surface area contributed by atoms with Crippen LogP contribution in [-0.2, 0) is 11.3 Å². The van der Waals surface area contributed by atoms with Crippen LogP contribution in [0.25, 0.3) is 5.52 Å². The quantitative estimate of drug-likeness (QED) is 0.911. The Kier molecular flexibility index (Phi) is 2.94. The Morgan fingerprint density at radius 1 is 1.53 bits per heavy atom. The van der Waals surface area contributed by atoms with Gasteiger partial charge in [0.2, 0.25) is 0 Å². The van der Waals surface area contributed by atoms with Crippen molar-refractivity contribution in [1.82, 2.24) is 14.6 Å². The van der Waals surface area contributed by atoms with E-state index < -0.39 is 0 Å². The molecule has 0 aromatic carbocycles. The number of nitrogens with zero attached hydrogens (tertiary/aromatic N) is 3. The van der Waals surface area contributed by atoms with Crippen LogP contribution in [-0.4, -0.2) is 21.7 Å². The molecule has 15 heavy (non-hydrogen) atoms. The molecule has 0 spiro atoms. The Hall–Kier alpha value is -0.660. The predicted octanol–water partition coefficient (Wildman–Crippen LogP) is 1.98. The topological polar surface area (TPSA) is 65.4 Å². The van der Waals surface area contributed by atoms with Crippen molar-refractivity contribution in [2.45, 2.75) is 6.61 Å². The maximum atomic E-state index is 5.77. The van der Waals surface area contributed by atoms with Crippen molar-refractivity contribution >= 4 is 43.2 Å². The number of methoxy groups -OCH3 is 1. The van der Waals surface area contributed by atoms with Gasteiger partial charge in [-0.3, -0.25) is 0 Å². The fraction of sp³-hybridized carbons (Fsp3) is 0.250. The fourth-order valence-corrected chi connectivity index (χ4v) is 2.87. The van der Waals surface area contributed by atoms with Crippen LogP contribution in [0, 0.1) is 0 Å². The molecule has 0 aliphatic rings. The van der Waals surface area contributed by atoms with Gasteiger partial charge in [-0.25, -0.2) is 9.50 Å². The number of hydrogen-bond acceptors (Lipinski definition) is 4. The first kappa shape index (κ1) is 10.8. The van der Waals surface area contributed by atoms with Gasteiger partial charge in [0.25, 0.3) is 0 Å². The zero-order chi connectivity index (χ0) is 11.0. The summed E-state index contributed by atoms with van der Waals surface area (Å²) in [7, 11) is 1.64. The summed E-state index contributed by atoms with van der Waals surface area (Å²) in [4.78, 5) is 3.94. The van der Waals surface area contributed by atoms with Crippen molar-refractivity contribution in [3.63, 3.8) is 0 Å². The van der Waals surface area contributed by atoms with Gasteiger partial charge in [0.1, 0.15) is 16.4 Å². The molecule has 0 aliphatic heterocycles. The molecule has 7 heteroatoms. The molecule has 2 aromatic heterocycles. The van der Waals surface area contributed by atoms with E-state index in [-0.39, 0.29) is 0 Å². The molecule has 0 atom stereocenters. The van der Waals surface area contributed by atoms with Crippen LogP contribution in [0.15, 0.2) is 15.4 Å². The second kappa shape index (κ2) is 4.07. The summed E-state index contributed by atoms with van der Waals surface area (Å²) in [5.41, 5.74) is 7.48. The number of ether oxygens (including phenoxy) is 1. The van der Waals surface area contributed by atoms with Crippen molar-refractivity contribution in [3.05, 3.63) is 21.0 Å². The Balaban J connectivity index is 2.79. The Bertz CT molecular complexity index is 511. The molecule has 2 rings (SSSR count). The first-order valence-corrected chi connectivity index (χ1v) is 5.69. The van der Waals surface area contributed by atoms with E-state index in [0.29, 0.717) is 12.4 Å². The highest BCUT2D eigenvalue weighted by molar-refractivity contribution is 9.11. The average Bonchev–Trinajstić information content (AvgIpc) is 2.45. The van der Waals surface area contributed by atoms with Crippen LogP contribution < -0.4 is 5.73 Å². The number of nitrogen functional groups attached to an aromatic ring is 1. The molecular formula is C8H8Br2N4O. The standard InChI is InChI=1S/C8H8Br2N4O/c1-15-2-4-5(9)6-8(11)12-3-13-14(6)7(4)10/h3H,2H2,1H3,(H2,11,12,13). The van der Waals surface area contributed by atoms with E-state index in [0.717, 1.165) is 20.2 Å². The van der Waals surface area contributed by atoms with Gasteiger partial charge in [-0.1, -0.05) is 0 Å². The number of hydrogen-bond donors (Lipinski definition) is 1. The zero-order valence-corrected chi connectivity index (χ0v) is 11.0. The molecule has 0 amide bonds. The molecule has 2 heterocycles. The molecule has 0 saturated carbocycles. The van der Waals surface area contributed by atoms with Crippen LogP contribution >= 0.6 is 31.9 Å². The molecule has 0 radical (unpaired) electrons. The first-order valence-electron chi connectivity index (χ1n) is 4.10. The van der Waals surface area contributed by atoms with Crippen LogP contribution in [0.2, 0.25) is 0 Å². The SMILES string of the molecule is COCc1c(Br)c2c(N)ncnn2c1Br. The van der Waals surface area contributed by atoms with Gasteiger partial charge in [0, 0.05) is 12.7 Å². The molecule has 0 bridgehead atoms. The van der Waals surface area contributed by atoms with E-state index in [1.54, 1.807) is 11.6 Å². The third kappa shape index (κ3) is 1.64. The number of halogens is 2. The van der Waals surface area contributed by atoms with Crippen LogP contribution in [0.1, 0.15) is 5.56 Å². The average molecular weight is 336 g/mol. The van der Waals surface area contributed by atoms with Crippen LogP contribution in [0.5, 0.6) is 0 Å². The highest BCUT2D eigenvalue weighted by atomic mass is 79.9. The van der Waals surface area contributed by atoms with Crippen molar-refractivity contribution < 1.29 is 4.74 Å². The first-order chi connectivity index (χ1) is 7.16. The summed E-state index contributed by atoms with van der Waals surface area (Å²) in [5.74, 6) is 0.430. The second-order valence-electron chi connectivity index (χ2n) is 2.92. The highest BCUT2D eigenvalue weighted by Crippen LogP contribution is 2.34. The van der Waals surface area contributed by atoms with Gasteiger partial charge in [0.05, 0.1) is 11.1 Å². The Morgan fingerprint density at radius 3 is 2.87 bits per heavy atom. The largest absolute Gasteiger partial charge is 0.382 e. The molecule has 2 N–H and O–H groups in total. The molecular weight excluding hydrogens is 328 g/mol. The van der Waals surface area contributed by atoms with Crippen molar-refractivity contribution in [2.75, 3.05) is 12.8 Å². The van der Waals surface area contributed by atoms with E-state index in [2.05, 4.69) is 41.9 Å². The van der Waals surface area contributed by atoms with Crippen molar-refractivity contribution in [3.8, 4) is 0 Å². The van der Waals surface area contributed by atoms with Crippen molar-refractivity contribution in [2.24, 2.45) is 0 Å². The summed E-state index contributed by atoms with van der Waals surface area (Å²) in [6.07, 6.45) is 1.41. The summed E-state index contributed by atoms with van der Waals surface area (Å²) >= 11 is 6.91. The Labute approximate surface area is 103 Å². The van der Waals surface area contributed by atoms with Crippen LogP contribution in [0.4, 0.5) is 5.82 Å². The minimum atomic E-state index is 0.430. The van der Waals surface area contributed by atoms with E-state index >= 15 is 0 Å². The maximum Gasteiger partial charge on any atom is 0.152 e. The lowest BCUT2D eigenvalue weighted by Gasteiger charge is -1.96. The van der Waals surface area contributed by atoms with Gasteiger partial charge in [-0.05, 0) is 31.9 Å².